The third kappa shape index (κ3) is 42.4. The molecule has 0 rings (SSSR count). The maximum absolute atomic E-state index is 10.7. The first kappa shape index (κ1) is 44.4. The molecule has 0 fully saturated rings. The molecule has 0 unspecified atom stereocenters. The third-order valence-electron chi connectivity index (χ3n) is 9.41. The van der Waals surface area contributed by atoms with Crippen molar-refractivity contribution in [3.63, 3.8) is 0 Å². The molecule has 0 aromatic heterocycles. The van der Waals surface area contributed by atoms with Gasteiger partial charge in [-0.05, 0) is 64.2 Å². The molecular formula is C42H80N2O2. The second-order valence-electron chi connectivity index (χ2n) is 14.1. The lowest BCUT2D eigenvalue weighted by atomic mass is 10.0. The van der Waals surface area contributed by atoms with Crippen molar-refractivity contribution in [2.45, 2.75) is 231 Å². The van der Waals surface area contributed by atoms with Crippen molar-refractivity contribution >= 4 is 11.8 Å². The van der Waals surface area contributed by atoms with Gasteiger partial charge >= 0.3 is 0 Å². The third-order valence-corrected chi connectivity index (χ3v) is 9.41. The van der Waals surface area contributed by atoms with Crippen molar-refractivity contribution < 1.29 is 9.59 Å². The van der Waals surface area contributed by atoms with E-state index >= 15 is 0 Å². The lowest BCUT2D eigenvalue weighted by molar-refractivity contribution is -0.119. The minimum atomic E-state index is -0.159. The highest BCUT2D eigenvalue weighted by atomic mass is 16.1. The Kier molecular flexibility index (Phi) is 38.2. The summed E-state index contributed by atoms with van der Waals surface area (Å²) in [6.07, 6.45) is 55.9. The van der Waals surface area contributed by atoms with Gasteiger partial charge in [-0.15, -0.1) is 0 Å². The number of unbranched alkanes of at least 4 members (excludes halogenated alkanes) is 31. The highest BCUT2D eigenvalue weighted by Gasteiger charge is 1.97. The predicted octanol–water partition coefficient (Wildman–Crippen LogP) is 13.1. The van der Waals surface area contributed by atoms with Crippen molar-refractivity contribution in [2.24, 2.45) is 11.5 Å². The molecule has 0 bridgehead atoms. The predicted molar refractivity (Wildman–Crippen MR) is 203 cm³/mol. The molecular weight excluding hydrogens is 564 g/mol. The molecule has 270 valence electrons. The summed E-state index contributed by atoms with van der Waals surface area (Å²) < 4.78 is 0. The molecule has 0 aliphatic heterocycles. The van der Waals surface area contributed by atoms with E-state index in [1.807, 2.05) is 0 Å². The van der Waals surface area contributed by atoms with Crippen LogP contribution < -0.4 is 11.5 Å². The number of carbonyl (C=O) groups excluding carboxylic acids is 2. The van der Waals surface area contributed by atoms with E-state index in [-0.39, 0.29) is 11.8 Å². The molecule has 2 amide bonds. The number of rotatable bonds is 39. The molecule has 0 radical (unpaired) electrons. The maximum Gasteiger partial charge on any atom is 0.217 e. The van der Waals surface area contributed by atoms with E-state index in [2.05, 4.69) is 24.3 Å². The summed E-state index contributed by atoms with van der Waals surface area (Å²) >= 11 is 0. The minimum absolute atomic E-state index is 0.159. The zero-order valence-corrected chi connectivity index (χ0v) is 30.7. The Morgan fingerprint density at radius 3 is 0.587 bits per heavy atom. The first-order valence-electron chi connectivity index (χ1n) is 20.5. The fourth-order valence-corrected chi connectivity index (χ4v) is 6.36. The molecule has 0 aromatic carbocycles. The normalized spacial score (nSPS) is 11.7. The lowest BCUT2D eigenvalue weighted by Crippen LogP contribution is -2.09. The van der Waals surface area contributed by atoms with E-state index in [4.69, 9.17) is 11.5 Å². The van der Waals surface area contributed by atoms with Crippen LogP contribution in [-0.2, 0) is 9.59 Å². The van der Waals surface area contributed by atoms with Crippen molar-refractivity contribution in [3.05, 3.63) is 24.3 Å². The number of amides is 2. The highest BCUT2D eigenvalue weighted by Crippen LogP contribution is 2.15. The Morgan fingerprint density at radius 1 is 0.261 bits per heavy atom. The van der Waals surface area contributed by atoms with Crippen LogP contribution >= 0.6 is 0 Å². The monoisotopic (exact) mass is 645 g/mol. The summed E-state index contributed by atoms with van der Waals surface area (Å²) in [5.41, 5.74) is 10.3. The van der Waals surface area contributed by atoms with Crippen molar-refractivity contribution in [3.8, 4) is 0 Å². The van der Waals surface area contributed by atoms with Crippen LogP contribution in [0.3, 0.4) is 0 Å². The zero-order chi connectivity index (χ0) is 33.4. The van der Waals surface area contributed by atoms with Crippen LogP contribution in [0.25, 0.3) is 0 Å². The topological polar surface area (TPSA) is 86.2 Å². The van der Waals surface area contributed by atoms with Gasteiger partial charge in [-0.1, -0.05) is 178 Å². The van der Waals surface area contributed by atoms with Crippen molar-refractivity contribution in [1.29, 1.82) is 0 Å². The summed E-state index contributed by atoms with van der Waals surface area (Å²) in [7, 11) is 0. The molecule has 0 spiro atoms. The molecule has 0 heterocycles. The Hall–Kier alpha value is -1.58. The fraction of sp³-hybridized carbons (Fsp3) is 0.857. The van der Waals surface area contributed by atoms with Gasteiger partial charge < -0.3 is 11.5 Å². The largest absolute Gasteiger partial charge is 0.370 e. The van der Waals surface area contributed by atoms with E-state index in [0.717, 1.165) is 25.7 Å². The molecule has 0 aliphatic carbocycles. The lowest BCUT2D eigenvalue weighted by Gasteiger charge is -2.03. The number of nitrogens with two attached hydrogens (primary N) is 2. The molecule has 0 saturated heterocycles. The van der Waals surface area contributed by atoms with Gasteiger partial charge in [0, 0.05) is 12.8 Å². The van der Waals surface area contributed by atoms with Gasteiger partial charge in [-0.25, -0.2) is 0 Å². The molecule has 0 aromatic rings. The van der Waals surface area contributed by atoms with Crippen molar-refractivity contribution in [2.75, 3.05) is 0 Å². The maximum atomic E-state index is 10.7. The van der Waals surface area contributed by atoms with E-state index in [9.17, 15) is 9.59 Å². The average Bonchev–Trinajstić information content (AvgIpc) is 3.03. The standard InChI is InChI=1S/C42H80N2O2/c43-41(45)39-37-35-33-31-29-27-25-23-21-19-17-15-13-11-9-7-5-3-1-2-4-6-8-10-12-14-16-18-20-22-24-26-28-30-32-34-36-38-40-42(44)46/h19-22H,1-18,23-40H2,(H2,43,45)(H2,44,46)/b21-19+,22-20+. The van der Waals surface area contributed by atoms with Gasteiger partial charge in [-0.2, -0.15) is 0 Å². The number of allylic oxidation sites excluding steroid dienone is 4. The van der Waals surface area contributed by atoms with Crippen LogP contribution in [0.4, 0.5) is 0 Å². The van der Waals surface area contributed by atoms with E-state index in [0.29, 0.717) is 12.8 Å². The highest BCUT2D eigenvalue weighted by molar-refractivity contribution is 5.73. The summed E-state index contributed by atoms with van der Waals surface area (Å²) in [5, 5.41) is 0. The first-order chi connectivity index (χ1) is 22.6. The van der Waals surface area contributed by atoms with Gasteiger partial charge in [0.15, 0.2) is 0 Å². The van der Waals surface area contributed by atoms with Gasteiger partial charge in [0.1, 0.15) is 0 Å². The zero-order valence-electron chi connectivity index (χ0n) is 30.7. The minimum Gasteiger partial charge on any atom is -0.370 e. The second-order valence-corrected chi connectivity index (χ2v) is 14.1. The van der Waals surface area contributed by atoms with Crippen LogP contribution in [0.5, 0.6) is 0 Å². The van der Waals surface area contributed by atoms with Crippen LogP contribution in [0.15, 0.2) is 24.3 Å². The molecule has 46 heavy (non-hydrogen) atoms. The summed E-state index contributed by atoms with van der Waals surface area (Å²) in [6.45, 7) is 0. The van der Waals surface area contributed by atoms with Gasteiger partial charge in [0.05, 0.1) is 0 Å². The van der Waals surface area contributed by atoms with Crippen molar-refractivity contribution in [1.82, 2.24) is 0 Å². The number of carbonyl (C=O) groups is 2. The average molecular weight is 645 g/mol. The molecule has 4 nitrogen and oxygen atoms in total. The SMILES string of the molecule is NC(=O)CCCCCCCCC/C=C/CCCCCCCCCCCCCCCCCC/C=C/CCCCCCCCCC(N)=O. The second kappa shape index (κ2) is 39.6. The first-order valence-corrected chi connectivity index (χ1v) is 20.5. The molecule has 0 saturated carbocycles. The van der Waals surface area contributed by atoms with Crippen LogP contribution in [0.1, 0.15) is 231 Å². The Morgan fingerprint density at radius 2 is 0.413 bits per heavy atom. The van der Waals surface area contributed by atoms with Crippen LogP contribution in [0, 0.1) is 0 Å². The molecule has 4 heteroatoms. The van der Waals surface area contributed by atoms with E-state index in [1.54, 1.807) is 0 Å². The van der Waals surface area contributed by atoms with Crippen LogP contribution in [-0.4, -0.2) is 11.8 Å². The fourth-order valence-electron chi connectivity index (χ4n) is 6.36. The van der Waals surface area contributed by atoms with Gasteiger partial charge in [0.25, 0.3) is 0 Å². The number of primary amides is 2. The number of hydrogen-bond acceptors (Lipinski definition) is 2. The Bertz CT molecular complexity index is 629. The van der Waals surface area contributed by atoms with E-state index in [1.165, 1.54) is 193 Å². The Balaban J connectivity index is 3.13. The Labute approximate surface area is 287 Å². The summed E-state index contributed by atoms with van der Waals surface area (Å²) in [5.74, 6) is -0.319. The molecule has 0 aliphatic rings. The van der Waals surface area contributed by atoms with Gasteiger partial charge in [0.2, 0.25) is 11.8 Å². The van der Waals surface area contributed by atoms with E-state index < -0.39 is 0 Å². The summed E-state index contributed by atoms with van der Waals surface area (Å²) in [4.78, 5) is 21.4. The van der Waals surface area contributed by atoms with Gasteiger partial charge in [-0.3, -0.25) is 9.59 Å². The quantitative estimate of drug-likeness (QED) is 0.0515. The smallest absolute Gasteiger partial charge is 0.217 e. The molecule has 4 N–H and O–H groups in total. The molecule has 0 atom stereocenters. The number of hydrogen-bond donors (Lipinski definition) is 2. The summed E-state index contributed by atoms with van der Waals surface area (Å²) in [6, 6.07) is 0. The van der Waals surface area contributed by atoms with Crippen LogP contribution in [0.2, 0.25) is 0 Å².